The molecule has 0 radical (unpaired) electrons. The molecule has 1 aliphatic carbocycles. The molecule has 1 aliphatic heterocycles. The number of nitrogens with zero attached hydrogens (tertiary/aromatic N) is 2. The average Bonchev–Trinajstić information content (AvgIpc) is 3.12. The SMILES string of the molecule is CCC[C@@H](C(N)=O)N(C)[C@H]1CC[C@@H]2CN(Cc3ccccc3)C[C@@H]21. The second kappa shape index (κ2) is 7.66. The van der Waals surface area contributed by atoms with Crippen LogP contribution in [0.25, 0.3) is 0 Å². The molecule has 0 unspecified atom stereocenters. The van der Waals surface area contributed by atoms with Crippen LogP contribution < -0.4 is 5.73 Å². The van der Waals surface area contributed by atoms with Gasteiger partial charge in [0.1, 0.15) is 0 Å². The zero-order valence-corrected chi connectivity index (χ0v) is 15.0. The fraction of sp³-hybridized carbons (Fsp3) is 0.650. The Kier molecular flexibility index (Phi) is 5.57. The van der Waals surface area contributed by atoms with Crippen molar-refractivity contribution in [1.29, 1.82) is 0 Å². The molecule has 2 fully saturated rings. The van der Waals surface area contributed by atoms with Gasteiger partial charge in [-0.25, -0.2) is 0 Å². The van der Waals surface area contributed by atoms with Crippen LogP contribution in [0.4, 0.5) is 0 Å². The molecule has 4 heteroatoms. The molecule has 1 aromatic rings. The monoisotopic (exact) mass is 329 g/mol. The van der Waals surface area contributed by atoms with E-state index in [-0.39, 0.29) is 11.9 Å². The summed E-state index contributed by atoms with van der Waals surface area (Å²) < 4.78 is 0. The van der Waals surface area contributed by atoms with Gasteiger partial charge in [-0.15, -0.1) is 0 Å². The van der Waals surface area contributed by atoms with Gasteiger partial charge in [0.25, 0.3) is 0 Å². The third-order valence-electron chi connectivity index (χ3n) is 6.05. The highest BCUT2D eigenvalue weighted by Gasteiger charge is 2.45. The third-order valence-corrected chi connectivity index (χ3v) is 6.05. The first-order valence-corrected chi connectivity index (χ1v) is 9.37. The number of hydrogen-bond donors (Lipinski definition) is 1. The molecule has 1 aromatic carbocycles. The van der Waals surface area contributed by atoms with Crippen molar-refractivity contribution < 1.29 is 4.79 Å². The lowest BCUT2D eigenvalue weighted by Crippen LogP contribution is -2.49. The summed E-state index contributed by atoms with van der Waals surface area (Å²) in [4.78, 5) is 16.7. The summed E-state index contributed by atoms with van der Waals surface area (Å²) >= 11 is 0. The normalized spacial score (nSPS) is 28.2. The molecule has 1 heterocycles. The summed E-state index contributed by atoms with van der Waals surface area (Å²) in [5.41, 5.74) is 7.06. The van der Waals surface area contributed by atoms with Crippen LogP contribution in [0.1, 0.15) is 38.2 Å². The quantitative estimate of drug-likeness (QED) is 0.836. The van der Waals surface area contributed by atoms with Gasteiger partial charge in [0, 0.05) is 25.7 Å². The molecule has 2 aliphatic rings. The number of carbonyl (C=O) groups is 1. The Bertz CT molecular complexity index is 547. The number of hydrogen-bond acceptors (Lipinski definition) is 3. The number of nitrogens with two attached hydrogens (primary N) is 1. The lowest BCUT2D eigenvalue weighted by atomic mass is 9.95. The molecule has 132 valence electrons. The Morgan fingerprint density at radius 3 is 2.71 bits per heavy atom. The fourth-order valence-electron chi connectivity index (χ4n) is 4.86. The Labute approximate surface area is 146 Å². The number of likely N-dealkylation sites (tertiary alicyclic amines) is 1. The summed E-state index contributed by atoms with van der Waals surface area (Å²) in [7, 11) is 2.11. The molecule has 0 aromatic heterocycles. The predicted octanol–water partition coefficient (Wildman–Crippen LogP) is 2.48. The van der Waals surface area contributed by atoms with E-state index >= 15 is 0 Å². The van der Waals surface area contributed by atoms with E-state index in [4.69, 9.17) is 5.73 Å². The molecule has 0 spiro atoms. The first-order valence-electron chi connectivity index (χ1n) is 9.37. The Hall–Kier alpha value is -1.39. The standard InChI is InChI=1S/C20H31N3O/c1-3-7-19(20(21)24)22(2)18-11-10-16-13-23(14-17(16)18)12-15-8-5-4-6-9-15/h4-6,8-9,16-19H,3,7,10-14H2,1-2H3,(H2,21,24)/t16-,17+,18+,19+/m1/s1. The number of rotatable bonds is 7. The van der Waals surface area contributed by atoms with Gasteiger partial charge in [0.05, 0.1) is 6.04 Å². The van der Waals surface area contributed by atoms with Gasteiger partial charge in [-0.05, 0) is 43.7 Å². The minimum atomic E-state index is -0.165. The maximum Gasteiger partial charge on any atom is 0.234 e. The molecular weight excluding hydrogens is 298 g/mol. The summed E-state index contributed by atoms with van der Waals surface area (Å²) in [6.45, 7) is 5.50. The number of likely N-dealkylation sites (N-methyl/N-ethyl adjacent to an activating group) is 1. The van der Waals surface area contributed by atoms with E-state index in [1.165, 1.54) is 24.9 Å². The van der Waals surface area contributed by atoms with E-state index < -0.39 is 0 Å². The maximum absolute atomic E-state index is 11.9. The van der Waals surface area contributed by atoms with Gasteiger partial charge in [-0.2, -0.15) is 0 Å². The zero-order valence-electron chi connectivity index (χ0n) is 15.0. The van der Waals surface area contributed by atoms with Crippen LogP contribution in [-0.4, -0.2) is 47.9 Å². The van der Waals surface area contributed by atoms with Crippen molar-refractivity contribution in [3.05, 3.63) is 35.9 Å². The first-order chi connectivity index (χ1) is 11.6. The van der Waals surface area contributed by atoms with Crippen LogP contribution in [0, 0.1) is 11.8 Å². The summed E-state index contributed by atoms with van der Waals surface area (Å²) in [6, 6.07) is 11.1. The highest BCUT2D eigenvalue weighted by atomic mass is 16.1. The minimum Gasteiger partial charge on any atom is -0.368 e. The van der Waals surface area contributed by atoms with Gasteiger partial charge >= 0.3 is 0 Å². The van der Waals surface area contributed by atoms with Crippen molar-refractivity contribution in [1.82, 2.24) is 9.80 Å². The number of primary amides is 1. The van der Waals surface area contributed by atoms with Crippen molar-refractivity contribution in [2.24, 2.45) is 17.6 Å². The second-order valence-corrected chi connectivity index (χ2v) is 7.62. The van der Waals surface area contributed by atoms with E-state index in [0.29, 0.717) is 12.0 Å². The van der Waals surface area contributed by atoms with Crippen molar-refractivity contribution >= 4 is 5.91 Å². The number of benzene rings is 1. The zero-order chi connectivity index (χ0) is 17.1. The molecule has 24 heavy (non-hydrogen) atoms. The van der Waals surface area contributed by atoms with E-state index in [9.17, 15) is 4.79 Å². The van der Waals surface area contributed by atoms with E-state index in [1.807, 2.05) is 0 Å². The molecule has 4 atom stereocenters. The second-order valence-electron chi connectivity index (χ2n) is 7.62. The van der Waals surface area contributed by atoms with Gasteiger partial charge in [0.2, 0.25) is 5.91 Å². The smallest absolute Gasteiger partial charge is 0.234 e. The molecular formula is C20H31N3O. The lowest BCUT2D eigenvalue weighted by molar-refractivity contribution is -0.124. The van der Waals surface area contributed by atoms with Crippen LogP contribution >= 0.6 is 0 Å². The van der Waals surface area contributed by atoms with Crippen LogP contribution in [-0.2, 0) is 11.3 Å². The van der Waals surface area contributed by atoms with Crippen molar-refractivity contribution in [3.8, 4) is 0 Å². The van der Waals surface area contributed by atoms with Crippen LogP contribution in [0.5, 0.6) is 0 Å². The molecule has 1 amide bonds. The van der Waals surface area contributed by atoms with Gasteiger partial charge < -0.3 is 5.73 Å². The van der Waals surface area contributed by atoms with Gasteiger partial charge in [-0.3, -0.25) is 14.6 Å². The average molecular weight is 329 g/mol. The Morgan fingerprint density at radius 2 is 2.04 bits per heavy atom. The molecule has 0 bridgehead atoms. The number of fused-ring (bicyclic) bond motifs is 1. The fourth-order valence-corrected chi connectivity index (χ4v) is 4.86. The topological polar surface area (TPSA) is 49.6 Å². The molecule has 1 saturated heterocycles. The molecule has 2 N–H and O–H groups in total. The largest absolute Gasteiger partial charge is 0.368 e. The van der Waals surface area contributed by atoms with Crippen molar-refractivity contribution in [3.63, 3.8) is 0 Å². The summed E-state index contributed by atoms with van der Waals surface area (Å²) in [5.74, 6) is 1.29. The van der Waals surface area contributed by atoms with Crippen LogP contribution in [0.2, 0.25) is 0 Å². The van der Waals surface area contributed by atoms with E-state index in [2.05, 4.69) is 54.1 Å². The van der Waals surface area contributed by atoms with Gasteiger partial charge in [-0.1, -0.05) is 43.7 Å². The molecule has 4 nitrogen and oxygen atoms in total. The third kappa shape index (κ3) is 3.65. The number of carbonyl (C=O) groups excluding carboxylic acids is 1. The van der Waals surface area contributed by atoms with Crippen LogP contribution in [0.15, 0.2) is 30.3 Å². The highest BCUT2D eigenvalue weighted by Crippen LogP contribution is 2.41. The van der Waals surface area contributed by atoms with E-state index in [0.717, 1.165) is 31.8 Å². The Morgan fingerprint density at radius 1 is 1.29 bits per heavy atom. The number of amides is 1. The van der Waals surface area contributed by atoms with Crippen molar-refractivity contribution in [2.45, 2.75) is 51.2 Å². The van der Waals surface area contributed by atoms with E-state index in [1.54, 1.807) is 0 Å². The minimum absolute atomic E-state index is 0.109. The predicted molar refractivity (Wildman–Crippen MR) is 97.4 cm³/mol. The Balaban J connectivity index is 1.63. The van der Waals surface area contributed by atoms with Crippen molar-refractivity contribution in [2.75, 3.05) is 20.1 Å². The molecule has 3 rings (SSSR count). The summed E-state index contributed by atoms with van der Waals surface area (Å²) in [6.07, 6.45) is 4.35. The van der Waals surface area contributed by atoms with Crippen LogP contribution in [0.3, 0.4) is 0 Å². The highest BCUT2D eigenvalue weighted by molar-refractivity contribution is 5.79. The van der Waals surface area contributed by atoms with Gasteiger partial charge in [0.15, 0.2) is 0 Å². The molecule has 1 saturated carbocycles. The maximum atomic E-state index is 11.9. The summed E-state index contributed by atoms with van der Waals surface area (Å²) in [5, 5.41) is 0. The lowest BCUT2D eigenvalue weighted by Gasteiger charge is -2.34. The first kappa shape index (κ1) is 17.4.